The van der Waals surface area contributed by atoms with Crippen LogP contribution in [0.3, 0.4) is 0 Å². The SMILES string of the molecule is O=C(CCCCC(=O)NCc1cccc(-c2ccc([C@@H]3O[C@H](CN4CCCCCCC4)C[C@H](c4ccc(CO)cc4)O3)cc2)c1)NO. The molecule has 5 rings (SSSR count). The van der Waals surface area contributed by atoms with Gasteiger partial charge in [0.2, 0.25) is 11.8 Å². The van der Waals surface area contributed by atoms with Gasteiger partial charge in [-0.15, -0.1) is 0 Å². The van der Waals surface area contributed by atoms with E-state index in [2.05, 4.69) is 58.7 Å². The van der Waals surface area contributed by atoms with Crippen molar-refractivity contribution < 1.29 is 29.4 Å². The number of hydrogen-bond acceptors (Lipinski definition) is 7. The largest absolute Gasteiger partial charge is 0.392 e. The first-order valence-corrected chi connectivity index (χ1v) is 17.1. The highest BCUT2D eigenvalue weighted by Gasteiger charge is 2.33. The Hall–Kier alpha value is -3.60. The molecule has 3 aromatic rings. The molecular weight excluding hydrogens is 594 g/mol. The van der Waals surface area contributed by atoms with Crippen molar-refractivity contribution in [1.82, 2.24) is 15.7 Å². The van der Waals surface area contributed by atoms with Crippen LogP contribution in [0.1, 0.15) is 98.9 Å². The van der Waals surface area contributed by atoms with Crippen LogP contribution in [0.5, 0.6) is 0 Å². The van der Waals surface area contributed by atoms with E-state index in [4.69, 9.17) is 14.7 Å². The van der Waals surface area contributed by atoms with Gasteiger partial charge in [-0.3, -0.25) is 14.8 Å². The average molecular weight is 644 g/mol. The molecule has 0 radical (unpaired) electrons. The van der Waals surface area contributed by atoms with Gasteiger partial charge in [0.1, 0.15) is 0 Å². The number of amides is 2. The van der Waals surface area contributed by atoms with Crippen molar-refractivity contribution >= 4 is 11.8 Å². The summed E-state index contributed by atoms with van der Waals surface area (Å²) in [5, 5.41) is 21.1. The minimum absolute atomic E-state index is 0.0219. The van der Waals surface area contributed by atoms with E-state index < -0.39 is 12.2 Å². The average Bonchev–Trinajstić information content (AvgIpc) is 3.10. The molecular formula is C38H49N3O6. The van der Waals surface area contributed by atoms with Crippen LogP contribution in [-0.4, -0.2) is 52.8 Å². The lowest BCUT2D eigenvalue weighted by molar-refractivity contribution is -0.253. The molecule has 3 aromatic carbocycles. The fourth-order valence-corrected chi connectivity index (χ4v) is 6.43. The molecule has 9 nitrogen and oxygen atoms in total. The number of hydroxylamine groups is 1. The summed E-state index contributed by atoms with van der Waals surface area (Å²) in [5.74, 6) is -0.505. The molecule has 252 valence electrons. The Labute approximate surface area is 278 Å². The van der Waals surface area contributed by atoms with Crippen molar-refractivity contribution in [3.8, 4) is 11.1 Å². The molecule has 2 heterocycles. The van der Waals surface area contributed by atoms with E-state index in [1.165, 1.54) is 32.1 Å². The van der Waals surface area contributed by atoms with Gasteiger partial charge in [0.15, 0.2) is 6.29 Å². The molecule has 2 fully saturated rings. The zero-order valence-electron chi connectivity index (χ0n) is 27.2. The second-order valence-electron chi connectivity index (χ2n) is 12.8. The molecule has 0 spiro atoms. The molecule has 3 atom stereocenters. The van der Waals surface area contributed by atoms with Crippen LogP contribution in [0.4, 0.5) is 0 Å². The van der Waals surface area contributed by atoms with Crippen LogP contribution in [-0.2, 0) is 32.2 Å². The molecule has 0 aliphatic carbocycles. The standard InChI is InChI=1S/C38H49N3O6/c42-27-28-13-15-31(16-14-28)35-24-34(26-41-21-6-2-1-3-7-22-41)46-38(47-35)32-19-17-30(18-20-32)33-10-8-9-29(23-33)25-39-36(43)11-4-5-12-37(44)40-45/h8-10,13-20,23,34-35,38,42,45H,1-7,11-12,21-22,24-27H2,(H,39,43)(H,40,44)/t34-,35+,38+/m0/s1. The van der Waals surface area contributed by atoms with E-state index in [0.29, 0.717) is 25.8 Å². The van der Waals surface area contributed by atoms with Crippen molar-refractivity contribution in [2.45, 2.75) is 95.9 Å². The Morgan fingerprint density at radius 3 is 2.15 bits per heavy atom. The molecule has 0 unspecified atom stereocenters. The van der Waals surface area contributed by atoms with Crippen molar-refractivity contribution in [2.75, 3.05) is 19.6 Å². The molecule has 2 aliphatic heterocycles. The lowest BCUT2D eigenvalue weighted by Gasteiger charge is -2.38. The second-order valence-corrected chi connectivity index (χ2v) is 12.8. The zero-order valence-corrected chi connectivity index (χ0v) is 27.2. The Morgan fingerprint density at radius 2 is 1.45 bits per heavy atom. The summed E-state index contributed by atoms with van der Waals surface area (Å²) >= 11 is 0. The number of aliphatic hydroxyl groups excluding tert-OH is 1. The third kappa shape index (κ3) is 10.7. The summed E-state index contributed by atoms with van der Waals surface area (Å²) in [6.07, 6.45) is 8.30. The zero-order chi connectivity index (χ0) is 32.8. The van der Waals surface area contributed by atoms with E-state index in [1.54, 1.807) is 5.48 Å². The maximum absolute atomic E-state index is 12.3. The van der Waals surface area contributed by atoms with Crippen molar-refractivity contribution in [3.05, 3.63) is 95.1 Å². The van der Waals surface area contributed by atoms with Crippen LogP contribution in [0.25, 0.3) is 11.1 Å². The van der Waals surface area contributed by atoms with Gasteiger partial charge in [-0.05, 0) is 72.7 Å². The number of rotatable bonds is 13. The van der Waals surface area contributed by atoms with Crippen LogP contribution in [0.15, 0.2) is 72.8 Å². The monoisotopic (exact) mass is 643 g/mol. The number of carbonyl (C=O) groups excluding carboxylic acids is 2. The predicted octanol–water partition coefficient (Wildman–Crippen LogP) is 6.34. The molecule has 4 N–H and O–H groups in total. The van der Waals surface area contributed by atoms with Gasteiger partial charge in [-0.25, -0.2) is 5.48 Å². The van der Waals surface area contributed by atoms with Gasteiger partial charge in [0.05, 0.1) is 18.8 Å². The quantitative estimate of drug-likeness (QED) is 0.0975. The summed E-state index contributed by atoms with van der Waals surface area (Å²) < 4.78 is 13.2. The number of benzene rings is 3. The minimum atomic E-state index is -0.486. The molecule has 9 heteroatoms. The lowest BCUT2D eigenvalue weighted by atomic mass is 9.98. The van der Waals surface area contributed by atoms with Gasteiger partial charge in [0, 0.05) is 37.9 Å². The minimum Gasteiger partial charge on any atom is -0.392 e. The highest BCUT2D eigenvalue weighted by Crippen LogP contribution is 2.39. The number of hydrogen-bond donors (Lipinski definition) is 4. The van der Waals surface area contributed by atoms with E-state index in [9.17, 15) is 14.7 Å². The topological polar surface area (TPSA) is 120 Å². The first kappa shape index (κ1) is 34.7. The number of carbonyl (C=O) groups is 2. The van der Waals surface area contributed by atoms with E-state index >= 15 is 0 Å². The van der Waals surface area contributed by atoms with Crippen molar-refractivity contribution in [1.29, 1.82) is 0 Å². The highest BCUT2D eigenvalue weighted by atomic mass is 16.7. The number of nitrogens with zero attached hydrogens (tertiary/aromatic N) is 1. The van der Waals surface area contributed by atoms with Crippen LogP contribution in [0.2, 0.25) is 0 Å². The first-order chi connectivity index (χ1) is 23.0. The van der Waals surface area contributed by atoms with E-state index in [0.717, 1.165) is 59.4 Å². The number of aliphatic hydroxyl groups is 1. The third-order valence-electron chi connectivity index (χ3n) is 9.14. The molecule has 0 aromatic heterocycles. The molecule has 0 bridgehead atoms. The Morgan fingerprint density at radius 1 is 0.766 bits per heavy atom. The van der Waals surface area contributed by atoms with Gasteiger partial charge in [-0.2, -0.15) is 0 Å². The predicted molar refractivity (Wildman–Crippen MR) is 180 cm³/mol. The molecule has 47 heavy (non-hydrogen) atoms. The van der Waals surface area contributed by atoms with E-state index in [1.807, 2.05) is 24.3 Å². The summed E-state index contributed by atoms with van der Waals surface area (Å²) in [7, 11) is 0. The summed E-state index contributed by atoms with van der Waals surface area (Å²) in [5.41, 5.74) is 7.69. The fourth-order valence-electron chi connectivity index (χ4n) is 6.43. The first-order valence-electron chi connectivity index (χ1n) is 17.1. The van der Waals surface area contributed by atoms with Crippen LogP contribution < -0.4 is 10.8 Å². The lowest BCUT2D eigenvalue weighted by Crippen LogP contribution is -2.40. The third-order valence-corrected chi connectivity index (χ3v) is 9.14. The fraction of sp³-hybridized carbons (Fsp3) is 0.474. The Bertz CT molecular complexity index is 1410. The smallest absolute Gasteiger partial charge is 0.243 e. The number of likely N-dealkylation sites (tertiary alicyclic amines) is 1. The number of nitrogens with one attached hydrogen (secondary N) is 2. The maximum Gasteiger partial charge on any atom is 0.243 e. The number of ether oxygens (including phenoxy) is 2. The molecule has 2 amide bonds. The Balaban J connectivity index is 1.22. The van der Waals surface area contributed by atoms with Crippen LogP contribution in [0, 0.1) is 0 Å². The Kier molecular flexibility index (Phi) is 13.4. The van der Waals surface area contributed by atoms with Gasteiger partial charge >= 0.3 is 0 Å². The highest BCUT2D eigenvalue weighted by molar-refractivity contribution is 5.76. The summed E-state index contributed by atoms with van der Waals surface area (Å²) in [4.78, 5) is 26.0. The molecule has 2 aliphatic rings. The maximum atomic E-state index is 12.3. The van der Waals surface area contributed by atoms with Crippen LogP contribution >= 0.6 is 0 Å². The van der Waals surface area contributed by atoms with Crippen molar-refractivity contribution in [3.63, 3.8) is 0 Å². The van der Waals surface area contributed by atoms with E-state index in [-0.39, 0.29) is 31.1 Å². The van der Waals surface area contributed by atoms with Gasteiger partial charge in [0.25, 0.3) is 0 Å². The van der Waals surface area contributed by atoms with Crippen molar-refractivity contribution in [2.24, 2.45) is 0 Å². The second kappa shape index (κ2) is 18.1. The summed E-state index contributed by atoms with van der Waals surface area (Å²) in [6, 6.07) is 24.5. The molecule has 0 saturated carbocycles. The summed E-state index contributed by atoms with van der Waals surface area (Å²) in [6.45, 7) is 3.57. The number of unbranched alkanes of at least 4 members (excludes halogenated alkanes) is 1. The van der Waals surface area contributed by atoms with Gasteiger partial charge in [-0.1, -0.05) is 86.0 Å². The normalized spacial score (nSPS) is 20.6. The van der Waals surface area contributed by atoms with Gasteiger partial charge < -0.3 is 24.8 Å². The molecule has 2 saturated heterocycles.